The number of alkyl carbamates (subject to hydrolysis) is 1. The molecule has 0 saturated carbocycles. The lowest BCUT2D eigenvalue weighted by molar-refractivity contribution is 0.0467. The monoisotopic (exact) mass is 479 g/mol. The Labute approximate surface area is 206 Å². The lowest BCUT2D eigenvalue weighted by atomic mass is 10.1. The first kappa shape index (κ1) is 25.6. The second-order valence-electron chi connectivity index (χ2n) is 9.32. The van der Waals surface area contributed by atoms with E-state index in [0.717, 1.165) is 17.0 Å². The number of benzene rings is 2. The van der Waals surface area contributed by atoms with Crippen molar-refractivity contribution in [2.45, 2.75) is 57.2 Å². The molecule has 1 atom stereocenters. The summed E-state index contributed by atoms with van der Waals surface area (Å²) in [5, 5.41) is 3.56. The zero-order chi connectivity index (χ0) is 24.6. The molecule has 3 rings (SSSR count). The number of nitrogens with zero attached hydrogens (tertiary/aromatic N) is 2. The van der Waals surface area contributed by atoms with Crippen molar-refractivity contribution >= 4 is 17.9 Å². The van der Waals surface area contributed by atoms with Crippen LogP contribution >= 0.6 is 11.8 Å². The molecule has 0 aliphatic carbocycles. The lowest BCUT2D eigenvalue weighted by Crippen LogP contribution is -2.45. The van der Waals surface area contributed by atoms with E-state index in [0.29, 0.717) is 11.0 Å². The van der Waals surface area contributed by atoms with Gasteiger partial charge in [0.2, 0.25) is 5.88 Å². The number of hydrogen-bond acceptors (Lipinski definition) is 6. The van der Waals surface area contributed by atoms with Crippen LogP contribution in [0.3, 0.4) is 0 Å². The zero-order valence-corrected chi connectivity index (χ0v) is 21.3. The summed E-state index contributed by atoms with van der Waals surface area (Å²) < 4.78 is 11.5. The number of carbonyl (C=O) groups is 1. The van der Waals surface area contributed by atoms with Gasteiger partial charge in [0, 0.05) is 17.4 Å². The van der Waals surface area contributed by atoms with E-state index in [2.05, 4.69) is 22.4 Å². The highest BCUT2D eigenvalue weighted by Gasteiger charge is 2.22. The fourth-order valence-corrected chi connectivity index (χ4v) is 3.86. The van der Waals surface area contributed by atoms with Crippen molar-refractivity contribution in [2.75, 3.05) is 6.61 Å². The van der Waals surface area contributed by atoms with Crippen molar-refractivity contribution in [3.8, 4) is 17.1 Å². The Morgan fingerprint density at radius 1 is 1.00 bits per heavy atom. The van der Waals surface area contributed by atoms with E-state index >= 15 is 0 Å². The first-order chi connectivity index (χ1) is 16.2. The molecule has 0 aliphatic heterocycles. The van der Waals surface area contributed by atoms with E-state index < -0.39 is 11.7 Å². The predicted molar refractivity (Wildman–Crippen MR) is 137 cm³/mol. The van der Waals surface area contributed by atoms with Crippen LogP contribution in [0.5, 0.6) is 5.88 Å². The van der Waals surface area contributed by atoms with Gasteiger partial charge in [0.25, 0.3) is 0 Å². The van der Waals surface area contributed by atoms with Gasteiger partial charge in [-0.1, -0.05) is 86.3 Å². The summed E-state index contributed by atoms with van der Waals surface area (Å²) in [6.07, 6.45) is -0.457. The summed E-state index contributed by atoms with van der Waals surface area (Å²) in [5.74, 6) is 1.38. The molecular formula is C27H33N3O3S. The molecule has 3 aromatic rings. The fraction of sp³-hybridized carbons (Fsp3) is 0.370. The van der Waals surface area contributed by atoms with E-state index in [1.54, 1.807) is 11.8 Å². The van der Waals surface area contributed by atoms with Crippen LogP contribution in [-0.4, -0.2) is 34.3 Å². The number of thioether (sulfide) groups is 1. The van der Waals surface area contributed by atoms with E-state index in [1.165, 1.54) is 5.56 Å². The normalized spacial score (nSPS) is 12.3. The first-order valence-electron chi connectivity index (χ1n) is 11.4. The zero-order valence-electron chi connectivity index (χ0n) is 20.4. The maximum absolute atomic E-state index is 12.3. The lowest BCUT2D eigenvalue weighted by Gasteiger charge is -2.25. The minimum atomic E-state index is -0.561. The quantitative estimate of drug-likeness (QED) is 0.284. The molecule has 2 aromatic carbocycles. The molecule has 1 N–H and O–H groups in total. The Kier molecular flexibility index (Phi) is 8.93. The van der Waals surface area contributed by atoms with Crippen molar-refractivity contribution in [2.24, 2.45) is 5.92 Å². The Balaban J connectivity index is 1.76. The molecule has 34 heavy (non-hydrogen) atoms. The third-order valence-electron chi connectivity index (χ3n) is 4.88. The van der Waals surface area contributed by atoms with Gasteiger partial charge >= 0.3 is 6.09 Å². The largest absolute Gasteiger partial charge is 0.475 e. The maximum Gasteiger partial charge on any atom is 0.407 e. The molecule has 0 aliphatic rings. The highest BCUT2D eigenvalue weighted by Crippen LogP contribution is 2.27. The molecule has 7 heteroatoms. The molecule has 6 nitrogen and oxygen atoms in total. The van der Waals surface area contributed by atoms with Crippen LogP contribution in [0.4, 0.5) is 4.79 Å². The highest BCUT2D eigenvalue weighted by atomic mass is 32.2. The predicted octanol–water partition coefficient (Wildman–Crippen LogP) is 6.36. The molecule has 0 saturated heterocycles. The number of rotatable bonds is 9. The summed E-state index contributed by atoms with van der Waals surface area (Å²) in [4.78, 5) is 21.7. The molecule has 0 fully saturated rings. The van der Waals surface area contributed by atoms with Gasteiger partial charge in [-0.05, 0) is 32.3 Å². The molecule has 1 aromatic heterocycles. The van der Waals surface area contributed by atoms with Crippen LogP contribution in [0.2, 0.25) is 0 Å². The molecular weight excluding hydrogens is 446 g/mol. The number of aromatic nitrogens is 2. The number of nitrogens with one attached hydrogen (secondary N) is 1. The van der Waals surface area contributed by atoms with Crippen LogP contribution in [0, 0.1) is 5.92 Å². The van der Waals surface area contributed by atoms with E-state index in [-0.39, 0.29) is 18.6 Å². The van der Waals surface area contributed by atoms with Gasteiger partial charge < -0.3 is 14.8 Å². The van der Waals surface area contributed by atoms with Crippen molar-refractivity contribution in [1.82, 2.24) is 15.3 Å². The third kappa shape index (κ3) is 8.37. The number of amides is 1. The Hall–Kier alpha value is -3.06. The second-order valence-corrected chi connectivity index (χ2v) is 10.3. The van der Waals surface area contributed by atoms with Crippen LogP contribution in [0.1, 0.15) is 40.2 Å². The van der Waals surface area contributed by atoms with Crippen LogP contribution in [-0.2, 0) is 10.5 Å². The van der Waals surface area contributed by atoms with E-state index in [1.807, 2.05) is 89.2 Å². The van der Waals surface area contributed by atoms with Crippen molar-refractivity contribution in [3.05, 3.63) is 72.3 Å². The number of hydrogen-bond donors (Lipinski definition) is 1. The van der Waals surface area contributed by atoms with E-state index in [4.69, 9.17) is 14.5 Å². The summed E-state index contributed by atoms with van der Waals surface area (Å²) in [6.45, 7) is 9.85. The number of carbonyl (C=O) groups excluding carboxylic acids is 1. The summed E-state index contributed by atoms with van der Waals surface area (Å²) in [6, 6.07) is 21.8. The van der Waals surface area contributed by atoms with Gasteiger partial charge in [-0.3, -0.25) is 0 Å². The molecule has 180 valence electrons. The fourth-order valence-electron chi connectivity index (χ4n) is 3.06. The van der Waals surface area contributed by atoms with Crippen molar-refractivity contribution in [1.29, 1.82) is 0 Å². The molecule has 1 heterocycles. The minimum absolute atomic E-state index is 0.148. The molecule has 0 radical (unpaired) electrons. The first-order valence-corrected chi connectivity index (χ1v) is 12.4. The number of ether oxygens (including phenoxy) is 2. The summed E-state index contributed by atoms with van der Waals surface area (Å²) >= 11 is 1.56. The third-order valence-corrected chi connectivity index (χ3v) is 5.80. The van der Waals surface area contributed by atoms with Crippen LogP contribution in [0.25, 0.3) is 11.3 Å². The molecule has 0 spiro atoms. The van der Waals surface area contributed by atoms with Gasteiger partial charge in [-0.15, -0.1) is 0 Å². The Morgan fingerprint density at radius 3 is 2.26 bits per heavy atom. The molecule has 1 unspecified atom stereocenters. The van der Waals surface area contributed by atoms with Crippen molar-refractivity contribution < 1.29 is 14.3 Å². The summed E-state index contributed by atoms with van der Waals surface area (Å²) in [5.41, 5.74) is 2.42. The van der Waals surface area contributed by atoms with E-state index in [9.17, 15) is 4.79 Å². The molecule has 0 bridgehead atoms. The van der Waals surface area contributed by atoms with Gasteiger partial charge in [0.15, 0.2) is 5.16 Å². The second kappa shape index (κ2) is 11.9. The Morgan fingerprint density at radius 2 is 1.65 bits per heavy atom. The maximum atomic E-state index is 12.3. The van der Waals surface area contributed by atoms with Gasteiger partial charge in [0.05, 0.1) is 11.7 Å². The van der Waals surface area contributed by atoms with Crippen LogP contribution < -0.4 is 10.1 Å². The topological polar surface area (TPSA) is 73.3 Å². The summed E-state index contributed by atoms with van der Waals surface area (Å²) in [7, 11) is 0. The van der Waals surface area contributed by atoms with Crippen LogP contribution in [0.15, 0.2) is 71.9 Å². The minimum Gasteiger partial charge on any atom is -0.475 e. The van der Waals surface area contributed by atoms with Crippen molar-refractivity contribution in [3.63, 3.8) is 0 Å². The standard InChI is InChI=1S/C27H33N3O3S/c1-19(2)23(29-26(31)33-27(3,4)5)17-32-24-16-22(21-14-10-7-11-15-21)28-25(30-24)34-18-20-12-8-6-9-13-20/h6-16,19,23H,17-18H2,1-5H3,(H,29,31). The molecule has 1 amide bonds. The van der Waals surface area contributed by atoms with Gasteiger partial charge in [-0.25, -0.2) is 9.78 Å². The van der Waals surface area contributed by atoms with Gasteiger partial charge in [0.1, 0.15) is 12.2 Å². The highest BCUT2D eigenvalue weighted by molar-refractivity contribution is 7.98. The smallest absolute Gasteiger partial charge is 0.407 e. The average molecular weight is 480 g/mol. The average Bonchev–Trinajstić information content (AvgIpc) is 2.80. The Bertz CT molecular complexity index is 1050. The SMILES string of the molecule is CC(C)C(COc1cc(-c2ccccc2)nc(SCc2ccccc2)n1)NC(=O)OC(C)(C)C. The van der Waals surface area contributed by atoms with Gasteiger partial charge in [-0.2, -0.15) is 4.98 Å².